The first-order chi connectivity index (χ1) is 13.5. The zero-order valence-electron chi connectivity index (χ0n) is 16.0. The summed E-state index contributed by atoms with van der Waals surface area (Å²) in [4.78, 5) is 35.1. The van der Waals surface area contributed by atoms with E-state index < -0.39 is 0 Å². The van der Waals surface area contributed by atoms with Gasteiger partial charge in [0.15, 0.2) is 0 Å². The summed E-state index contributed by atoms with van der Waals surface area (Å²) in [5, 5.41) is 3.94. The molecule has 3 aromatic rings. The Labute approximate surface area is 167 Å². The fourth-order valence-corrected chi connectivity index (χ4v) is 4.40. The number of nitrogens with zero attached hydrogens (tertiary/aromatic N) is 2. The first-order valence-corrected chi connectivity index (χ1v) is 10.0. The van der Waals surface area contributed by atoms with Gasteiger partial charge in [0.2, 0.25) is 0 Å². The van der Waals surface area contributed by atoms with Crippen molar-refractivity contribution in [3.63, 3.8) is 0 Å². The van der Waals surface area contributed by atoms with Gasteiger partial charge in [-0.15, -0.1) is 11.3 Å². The van der Waals surface area contributed by atoms with Crippen LogP contribution in [0.25, 0.3) is 10.2 Å². The maximum Gasteiger partial charge on any atom is 0.337 e. The van der Waals surface area contributed by atoms with Gasteiger partial charge in [0.05, 0.1) is 23.2 Å². The second-order valence-electron chi connectivity index (χ2n) is 7.05. The van der Waals surface area contributed by atoms with Crippen LogP contribution >= 0.6 is 11.3 Å². The van der Waals surface area contributed by atoms with Crippen molar-refractivity contribution in [3.8, 4) is 0 Å². The summed E-state index contributed by atoms with van der Waals surface area (Å²) < 4.78 is 4.69. The molecule has 0 aliphatic heterocycles. The summed E-state index contributed by atoms with van der Waals surface area (Å²) in [5.41, 5.74) is 3.27. The molecule has 1 N–H and O–H groups in total. The van der Waals surface area contributed by atoms with Gasteiger partial charge >= 0.3 is 5.97 Å². The third-order valence-electron chi connectivity index (χ3n) is 4.97. The lowest BCUT2D eigenvalue weighted by molar-refractivity contribution is 0.0600. The molecule has 0 atom stereocenters. The number of nitrogens with one attached hydrogen (secondary N) is 1. The van der Waals surface area contributed by atoms with E-state index in [2.05, 4.69) is 10.3 Å². The minimum absolute atomic E-state index is 0.120. The highest BCUT2D eigenvalue weighted by Gasteiger charge is 2.28. The Hall–Kier alpha value is -2.80. The van der Waals surface area contributed by atoms with Crippen molar-refractivity contribution in [1.82, 2.24) is 15.3 Å². The van der Waals surface area contributed by atoms with Gasteiger partial charge in [-0.05, 0) is 49.9 Å². The minimum atomic E-state index is -0.376. The lowest BCUT2D eigenvalue weighted by Crippen LogP contribution is -2.22. The van der Waals surface area contributed by atoms with Crippen molar-refractivity contribution in [1.29, 1.82) is 0 Å². The van der Waals surface area contributed by atoms with E-state index in [4.69, 9.17) is 9.72 Å². The molecule has 144 valence electrons. The zero-order valence-corrected chi connectivity index (χ0v) is 16.9. The Balaban J connectivity index is 1.51. The third-order valence-corrected chi connectivity index (χ3v) is 6.15. The Morgan fingerprint density at radius 1 is 1.18 bits per heavy atom. The lowest BCUT2D eigenvalue weighted by atomic mass is 10.1. The van der Waals surface area contributed by atoms with E-state index in [0.717, 1.165) is 45.7 Å². The predicted molar refractivity (Wildman–Crippen MR) is 108 cm³/mol. The molecular formula is C21H21N3O3S. The van der Waals surface area contributed by atoms with Gasteiger partial charge in [0, 0.05) is 17.8 Å². The summed E-state index contributed by atoms with van der Waals surface area (Å²) in [5.74, 6) is 0.892. The Kier molecular flexibility index (Phi) is 4.85. The predicted octanol–water partition coefficient (Wildman–Crippen LogP) is 3.90. The van der Waals surface area contributed by atoms with Gasteiger partial charge in [-0.25, -0.2) is 14.8 Å². The summed E-state index contributed by atoms with van der Waals surface area (Å²) >= 11 is 1.43. The topological polar surface area (TPSA) is 81.2 Å². The van der Waals surface area contributed by atoms with E-state index in [1.807, 2.05) is 26.0 Å². The highest BCUT2D eigenvalue weighted by molar-refractivity contribution is 7.20. The molecule has 2 aromatic heterocycles. The molecule has 1 aliphatic carbocycles. The largest absolute Gasteiger partial charge is 0.465 e. The van der Waals surface area contributed by atoms with Crippen LogP contribution in [0.1, 0.15) is 61.4 Å². The average Bonchev–Trinajstić information content (AvgIpc) is 3.49. The number of ether oxygens (including phenoxy) is 1. The van der Waals surface area contributed by atoms with Crippen LogP contribution in [0.4, 0.5) is 0 Å². The first-order valence-electron chi connectivity index (χ1n) is 9.21. The van der Waals surface area contributed by atoms with Crippen LogP contribution in [0.15, 0.2) is 24.3 Å². The second-order valence-corrected chi connectivity index (χ2v) is 8.05. The van der Waals surface area contributed by atoms with Crippen molar-refractivity contribution in [3.05, 3.63) is 57.4 Å². The molecule has 4 rings (SSSR count). The molecule has 2 heterocycles. The molecule has 7 heteroatoms. The molecule has 0 spiro atoms. The molecule has 0 radical (unpaired) electrons. The van der Waals surface area contributed by atoms with Gasteiger partial charge in [0.1, 0.15) is 10.7 Å². The van der Waals surface area contributed by atoms with E-state index >= 15 is 0 Å². The van der Waals surface area contributed by atoms with E-state index in [0.29, 0.717) is 22.9 Å². The van der Waals surface area contributed by atoms with Crippen molar-refractivity contribution < 1.29 is 14.3 Å². The fraction of sp³-hybridized carbons (Fsp3) is 0.333. The van der Waals surface area contributed by atoms with E-state index in [1.54, 1.807) is 12.1 Å². The number of thiophene rings is 1. The quantitative estimate of drug-likeness (QED) is 0.663. The minimum Gasteiger partial charge on any atom is -0.465 e. The van der Waals surface area contributed by atoms with Crippen LogP contribution in [0.2, 0.25) is 0 Å². The molecular weight excluding hydrogens is 374 g/mol. The number of fused-ring (bicyclic) bond motifs is 1. The molecule has 1 aromatic carbocycles. The number of carbonyl (C=O) groups excluding carboxylic acids is 2. The Bertz CT molecular complexity index is 1070. The van der Waals surface area contributed by atoms with Crippen molar-refractivity contribution in [2.24, 2.45) is 0 Å². The second kappa shape index (κ2) is 7.31. The number of aromatic nitrogens is 2. The average molecular weight is 395 g/mol. The molecule has 0 bridgehead atoms. The first kappa shape index (κ1) is 18.6. The number of rotatable bonds is 5. The van der Waals surface area contributed by atoms with Gasteiger partial charge in [-0.3, -0.25) is 4.79 Å². The maximum atomic E-state index is 12.7. The highest BCUT2D eigenvalue weighted by Crippen LogP contribution is 2.40. The van der Waals surface area contributed by atoms with Crippen LogP contribution < -0.4 is 5.32 Å². The summed E-state index contributed by atoms with van der Waals surface area (Å²) in [6.45, 7) is 4.32. The smallest absolute Gasteiger partial charge is 0.337 e. The standard InChI is InChI=1S/C21H21N3O3S/c1-11-16-12(2)23-18(14-8-9-14)24-20(16)28-17(11)19(25)22-10-13-4-6-15(7-5-13)21(26)27-3/h4-7,14H,8-10H2,1-3H3,(H,22,25). The molecule has 1 fully saturated rings. The van der Waals surface area contributed by atoms with Crippen LogP contribution in [0.3, 0.4) is 0 Å². The summed E-state index contributed by atoms with van der Waals surface area (Å²) in [6.07, 6.45) is 2.30. The number of methoxy groups -OCH3 is 1. The van der Waals surface area contributed by atoms with Gasteiger partial charge in [-0.2, -0.15) is 0 Å². The molecule has 1 amide bonds. The van der Waals surface area contributed by atoms with E-state index in [1.165, 1.54) is 18.4 Å². The SMILES string of the molecule is COC(=O)c1ccc(CNC(=O)c2sc3nc(C4CC4)nc(C)c3c2C)cc1. The van der Waals surface area contributed by atoms with E-state index in [-0.39, 0.29) is 11.9 Å². The molecule has 1 saturated carbocycles. The molecule has 0 unspecified atom stereocenters. The number of esters is 1. The van der Waals surface area contributed by atoms with Crippen molar-refractivity contribution in [2.75, 3.05) is 7.11 Å². The van der Waals surface area contributed by atoms with Crippen LogP contribution in [-0.2, 0) is 11.3 Å². The number of amides is 1. The maximum absolute atomic E-state index is 12.7. The lowest BCUT2D eigenvalue weighted by Gasteiger charge is -2.06. The highest BCUT2D eigenvalue weighted by atomic mass is 32.1. The zero-order chi connectivity index (χ0) is 19.8. The van der Waals surface area contributed by atoms with Gasteiger partial charge < -0.3 is 10.1 Å². The summed E-state index contributed by atoms with van der Waals surface area (Å²) in [6, 6.07) is 7.00. The fourth-order valence-electron chi connectivity index (χ4n) is 3.24. The van der Waals surface area contributed by atoms with E-state index in [9.17, 15) is 9.59 Å². The molecule has 0 saturated heterocycles. The summed E-state index contributed by atoms with van der Waals surface area (Å²) in [7, 11) is 1.35. The molecule has 6 nitrogen and oxygen atoms in total. The Morgan fingerprint density at radius 2 is 1.89 bits per heavy atom. The van der Waals surface area contributed by atoms with Gasteiger partial charge in [-0.1, -0.05) is 12.1 Å². The third kappa shape index (κ3) is 3.49. The van der Waals surface area contributed by atoms with Crippen LogP contribution in [0, 0.1) is 13.8 Å². The normalized spacial score (nSPS) is 13.5. The molecule has 28 heavy (non-hydrogen) atoms. The monoisotopic (exact) mass is 395 g/mol. The number of aryl methyl sites for hydroxylation is 2. The number of benzene rings is 1. The Morgan fingerprint density at radius 3 is 2.54 bits per heavy atom. The number of carbonyl (C=O) groups is 2. The van der Waals surface area contributed by atoms with Crippen LogP contribution in [-0.4, -0.2) is 29.0 Å². The number of hydrogen-bond acceptors (Lipinski definition) is 6. The molecule has 1 aliphatic rings. The van der Waals surface area contributed by atoms with Crippen molar-refractivity contribution >= 4 is 33.4 Å². The number of hydrogen-bond donors (Lipinski definition) is 1. The van der Waals surface area contributed by atoms with Gasteiger partial charge in [0.25, 0.3) is 5.91 Å². The van der Waals surface area contributed by atoms with Crippen LogP contribution in [0.5, 0.6) is 0 Å². The van der Waals surface area contributed by atoms with Crippen molar-refractivity contribution in [2.45, 2.75) is 39.2 Å².